The van der Waals surface area contributed by atoms with Gasteiger partial charge in [-0.15, -0.1) is 5.92 Å². The largest absolute Gasteiger partial charge is 0.490 e. The van der Waals surface area contributed by atoms with Gasteiger partial charge in [0, 0.05) is 46.3 Å². The van der Waals surface area contributed by atoms with Gasteiger partial charge in [-0.3, -0.25) is 18.7 Å². The number of nitrogens with zero attached hydrogens (tertiary/aromatic N) is 6. The topological polar surface area (TPSA) is 135 Å². The van der Waals surface area contributed by atoms with Crippen molar-refractivity contribution < 1.29 is 32.6 Å². The monoisotopic (exact) mass is 555 g/mol. The van der Waals surface area contributed by atoms with Crippen LogP contribution < -0.4 is 20.7 Å². The SMILES string of the molecule is CC#CCn1c(N2CCNCC2)nc2nc(N3CCC(C(=O)OCC)CC3)n(C)c(=O)c21.O=C(O)C(F)(F)F. The minimum absolute atomic E-state index is 0.0990. The first-order valence-electron chi connectivity index (χ1n) is 12.5. The van der Waals surface area contributed by atoms with Crippen LogP contribution in [0.15, 0.2) is 4.79 Å². The molecule has 2 aliphatic rings. The number of rotatable bonds is 5. The van der Waals surface area contributed by atoms with Gasteiger partial charge in [0.2, 0.25) is 11.9 Å². The first kappa shape index (κ1) is 29.8. The fraction of sp³-hybridized carbons (Fsp3) is 0.625. The van der Waals surface area contributed by atoms with Gasteiger partial charge in [0.15, 0.2) is 11.2 Å². The van der Waals surface area contributed by atoms with E-state index in [1.807, 2.05) is 11.5 Å². The summed E-state index contributed by atoms with van der Waals surface area (Å²) < 4.78 is 40.4. The molecule has 214 valence electrons. The van der Waals surface area contributed by atoms with Gasteiger partial charge in [-0.25, -0.2) is 4.79 Å². The quantitative estimate of drug-likeness (QED) is 0.406. The van der Waals surface area contributed by atoms with Crippen molar-refractivity contribution in [1.82, 2.24) is 24.4 Å². The van der Waals surface area contributed by atoms with Crippen molar-refractivity contribution in [1.29, 1.82) is 0 Å². The van der Waals surface area contributed by atoms with Crippen molar-refractivity contribution in [3.05, 3.63) is 10.4 Å². The number of fused-ring (bicyclic) bond motifs is 1. The highest BCUT2D eigenvalue weighted by Crippen LogP contribution is 2.25. The van der Waals surface area contributed by atoms with Crippen LogP contribution in [0.5, 0.6) is 0 Å². The molecule has 0 aromatic carbocycles. The highest BCUT2D eigenvalue weighted by molar-refractivity contribution is 5.76. The van der Waals surface area contributed by atoms with E-state index in [0.29, 0.717) is 56.2 Å². The maximum Gasteiger partial charge on any atom is 0.490 e. The number of aromatic nitrogens is 4. The van der Waals surface area contributed by atoms with E-state index in [1.54, 1.807) is 18.5 Å². The summed E-state index contributed by atoms with van der Waals surface area (Å²) in [5.41, 5.74) is 0.792. The predicted molar refractivity (Wildman–Crippen MR) is 137 cm³/mol. The van der Waals surface area contributed by atoms with Gasteiger partial charge < -0.3 is 25.0 Å². The zero-order chi connectivity index (χ0) is 28.7. The highest BCUT2D eigenvalue weighted by Gasteiger charge is 2.38. The van der Waals surface area contributed by atoms with Gasteiger partial charge in [0.05, 0.1) is 19.1 Å². The molecular formula is C24H32F3N7O5. The molecule has 2 N–H and O–H groups in total. The molecule has 0 saturated carbocycles. The summed E-state index contributed by atoms with van der Waals surface area (Å²) in [5.74, 6) is 4.32. The molecule has 2 saturated heterocycles. The second-order valence-electron chi connectivity index (χ2n) is 8.93. The molecule has 39 heavy (non-hydrogen) atoms. The standard InChI is InChI=1S/C22H31N7O3.C2HF3O2/c1-4-6-11-29-17-18(25-22(29)28-14-9-23-10-15-28)24-21(26(3)19(17)30)27-12-7-16(8-13-27)20(31)32-5-2;3-2(4,5)1(6)7/h16,23H,5,7-15H2,1-3H3;(H,6,7). The lowest BCUT2D eigenvalue weighted by atomic mass is 9.97. The first-order valence-corrected chi connectivity index (χ1v) is 12.5. The van der Waals surface area contributed by atoms with Crippen LogP contribution in [0.3, 0.4) is 0 Å². The molecule has 2 aliphatic heterocycles. The summed E-state index contributed by atoms with van der Waals surface area (Å²) in [7, 11) is 1.74. The van der Waals surface area contributed by atoms with E-state index in [9.17, 15) is 22.8 Å². The highest BCUT2D eigenvalue weighted by atomic mass is 19.4. The molecule has 12 nitrogen and oxygen atoms in total. The summed E-state index contributed by atoms with van der Waals surface area (Å²) in [6, 6.07) is 0. The summed E-state index contributed by atoms with van der Waals surface area (Å²) in [6.07, 6.45) is -3.72. The number of hydrogen-bond acceptors (Lipinski definition) is 9. The summed E-state index contributed by atoms with van der Waals surface area (Å²) in [4.78, 5) is 48.2. The lowest BCUT2D eigenvalue weighted by Crippen LogP contribution is -2.44. The Morgan fingerprint density at radius 2 is 1.67 bits per heavy atom. The number of piperidine rings is 1. The van der Waals surface area contributed by atoms with E-state index in [-0.39, 0.29) is 17.4 Å². The number of ether oxygens (including phenoxy) is 1. The molecular weight excluding hydrogens is 523 g/mol. The van der Waals surface area contributed by atoms with Crippen LogP contribution in [0.1, 0.15) is 26.7 Å². The number of carboxylic acids is 1. The molecule has 0 radical (unpaired) electrons. The summed E-state index contributed by atoms with van der Waals surface area (Å²) in [5, 5.41) is 10.5. The van der Waals surface area contributed by atoms with Crippen molar-refractivity contribution in [3.63, 3.8) is 0 Å². The van der Waals surface area contributed by atoms with Crippen molar-refractivity contribution in [2.45, 2.75) is 39.4 Å². The Morgan fingerprint density at radius 1 is 1.10 bits per heavy atom. The molecule has 2 aromatic rings. The second-order valence-corrected chi connectivity index (χ2v) is 8.93. The van der Waals surface area contributed by atoms with E-state index in [2.05, 4.69) is 27.0 Å². The zero-order valence-corrected chi connectivity index (χ0v) is 22.0. The second kappa shape index (κ2) is 12.8. The van der Waals surface area contributed by atoms with Gasteiger partial charge in [0.25, 0.3) is 5.56 Å². The number of anilines is 2. The molecule has 4 heterocycles. The number of piperazine rings is 1. The summed E-state index contributed by atoms with van der Waals surface area (Å²) >= 11 is 0. The third-order valence-electron chi connectivity index (χ3n) is 6.40. The number of aliphatic carboxylic acids is 1. The number of hydrogen-bond donors (Lipinski definition) is 2. The van der Waals surface area contributed by atoms with Crippen molar-refractivity contribution in [3.8, 4) is 11.8 Å². The van der Waals surface area contributed by atoms with Crippen LogP contribution in [-0.2, 0) is 27.9 Å². The van der Waals surface area contributed by atoms with Crippen molar-refractivity contribution in [2.75, 3.05) is 55.7 Å². The minimum Gasteiger partial charge on any atom is -0.475 e. The lowest BCUT2D eigenvalue weighted by molar-refractivity contribution is -0.192. The Hall–Kier alpha value is -3.80. The first-order chi connectivity index (χ1) is 18.5. The Balaban J connectivity index is 0.000000532. The fourth-order valence-corrected chi connectivity index (χ4v) is 4.41. The number of nitrogens with one attached hydrogen (secondary N) is 1. The number of carboxylic acid groups (broad SMARTS) is 1. The van der Waals surface area contributed by atoms with Crippen LogP contribution in [0.2, 0.25) is 0 Å². The van der Waals surface area contributed by atoms with E-state index in [0.717, 1.165) is 32.1 Å². The van der Waals surface area contributed by atoms with Gasteiger partial charge in [-0.2, -0.15) is 23.1 Å². The van der Waals surface area contributed by atoms with Crippen molar-refractivity contribution in [2.24, 2.45) is 13.0 Å². The third kappa shape index (κ3) is 6.99. The Bertz CT molecular complexity index is 1300. The smallest absolute Gasteiger partial charge is 0.475 e. The van der Waals surface area contributed by atoms with Gasteiger partial charge >= 0.3 is 18.1 Å². The fourth-order valence-electron chi connectivity index (χ4n) is 4.41. The molecule has 15 heteroatoms. The maximum absolute atomic E-state index is 13.4. The normalized spacial score (nSPS) is 16.3. The summed E-state index contributed by atoms with van der Waals surface area (Å²) in [6.45, 7) is 9.06. The molecule has 0 aliphatic carbocycles. The average Bonchev–Trinajstić information content (AvgIpc) is 3.28. The number of halogens is 3. The van der Waals surface area contributed by atoms with Crippen LogP contribution in [0, 0.1) is 17.8 Å². The molecule has 4 rings (SSSR count). The number of carbonyl (C=O) groups is 2. The number of carbonyl (C=O) groups excluding carboxylic acids is 1. The molecule has 2 fully saturated rings. The molecule has 2 aromatic heterocycles. The van der Waals surface area contributed by atoms with Crippen LogP contribution in [0.25, 0.3) is 11.2 Å². The minimum atomic E-state index is -5.08. The Labute approximate surface area is 222 Å². The van der Waals surface area contributed by atoms with Gasteiger partial charge in [-0.05, 0) is 26.7 Å². The van der Waals surface area contributed by atoms with E-state index >= 15 is 0 Å². The Morgan fingerprint density at radius 3 is 2.21 bits per heavy atom. The van der Waals surface area contributed by atoms with E-state index < -0.39 is 12.1 Å². The lowest BCUT2D eigenvalue weighted by Gasteiger charge is -2.32. The zero-order valence-electron chi connectivity index (χ0n) is 22.0. The van der Waals surface area contributed by atoms with Gasteiger partial charge in [-0.1, -0.05) is 5.92 Å². The Kier molecular flexibility index (Phi) is 9.79. The third-order valence-corrected chi connectivity index (χ3v) is 6.40. The number of alkyl halides is 3. The van der Waals surface area contributed by atoms with Gasteiger partial charge in [0.1, 0.15) is 0 Å². The van der Waals surface area contributed by atoms with Crippen LogP contribution >= 0.6 is 0 Å². The van der Waals surface area contributed by atoms with E-state index in [4.69, 9.17) is 24.6 Å². The van der Waals surface area contributed by atoms with Crippen LogP contribution in [-0.4, -0.2) is 88.2 Å². The molecule has 0 spiro atoms. The predicted octanol–water partition coefficient (Wildman–Crippen LogP) is 0.976. The van der Waals surface area contributed by atoms with Crippen molar-refractivity contribution >= 4 is 35.0 Å². The van der Waals surface area contributed by atoms with E-state index in [1.165, 1.54) is 0 Å². The van der Waals surface area contributed by atoms with Crippen LogP contribution in [0.4, 0.5) is 25.1 Å². The average molecular weight is 556 g/mol. The number of imidazole rings is 1. The molecule has 0 bridgehead atoms. The molecule has 0 unspecified atom stereocenters. The number of esters is 1. The molecule has 0 amide bonds. The molecule has 0 atom stereocenters. The maximum atomic E-state index is 13.4.